The normalized spacial score (nSPS) is 17.7. The molecule has 10 nitrogen and oxygen atoms in total. The SMILES string of the molecule is C=Cc1cnc(NC(=O)N2CCCc3cc(CO)c(C=O)nc32)nc1O[C@H]1CCOC1. The molecule has 1 saturated heterocycles. The van der Waals surface area contributed by atoms with Crippen molar-refractivity contribution in [3.63, 3.8) is 0 Å². The maximum atomic E-state index is 13.0. The van der Waals surface area contributed by atoms with E-state index in [2.05, 4.69) is 26.8 Å². The first kappa shape index (κ1) is 20.9. The number of rotatable bonds is 6. The van der Waals surface area contributed by atoms with E-state index in [1.807, 2.05) is 0 Å². The third kappa shape index (κ3) is 4.39. The highest BCUT2D eigenvalue weighted by Crippen LogP contribution is 2.28. The highest BCUT2D eigenvalue weighted by molar-refractivity contribution is 6.01. The summed E-state index contributed by atoms with van der Waals surface area (Å²) in [5.74, 6) is 0.799. The van der Waals surface area contributed by atoms with Crippen LogP contribution in [0, 0.1) is 0 Å². The summed E-state index contributed by atoms with van der Waals surface area (Å²) in [6.07, 6.45) is 5.75. The molecule has 2 aromatic heterocycles. The molecule has 0 spiro atoms. The summed E-state index contributed by atoms with van der Waals surface area (Å²) in [4.78, 5) is 38.6. The van der Waals surface area contributed by atoms with E-state index in [-0.39, 0.29) is 24.4 Å². The Kier molecular flexibility index (Phi) is 6.19. The van der Waals surface area contributed by atoms with Crippen molar-refractivity contribution in [3.05, 3.63) is 41.2 Å². The number of nitrogens with zero attached hydrogens (tertiary/aromatic N) is 4. The van der Waals surface area contributed by atoms with Crippen LogP contribution in [0.1, 0.15) is 40.0 Å². The lowest BCUT2D eigenvalue weighted by Crippen LogP contribution is -2.40. The summed E-state index contributed by atoms with van der Waals surface area (Å²) >= 11 is 0. The van der Waals surface area contributed by atoms with Gasteiger partial charge in [-0.15, -0.1) is 0 Å². The van der Waals surface area contributed by atoms with Crippen LogP contribution in [0.25, 0.3) is 6.08 Å². The topological polar surface area (TPSA) is 127 Å². The van der Waals surface area contributed by atoms with Crippen LogP contribution in [0.4, 0.5) is 16.6 Å². The highest BCUT2D eigenvalue weighted by atomic mass is 16.5. The molecule has 0 unspecified atom stereocenters. The molecule has 1 atom stereocenters. The number of carbonyl (C=O) groups is 2. The lowest BCUT2D eigenvalue weighted by atomic mass is 10.0. The molecule has 0 radical (unpaired) electrons. The van der Waals surface area contributed by atoms with Crippen molar-refractivity contribution in [2.75, 3.05) is 30.0 Å². The Morgan fingerprint density at radius 1 is 1.45 bits per heavy atom. The molecule has 162 valence electrons. The average molecular weight is 425 g/mol. The average Bonchev–Trinajstić information content (AvgIpc) is 3.31. The zero-order valence-electron chi connectivity index (χ0n) is 16.9. The third-order valence-corrected chi connectivity index (χ3v) is 5.19. The van der Waals surface area contributed by atoms with Crippen LogP contribution in [-0.2, 0) is 17.8 Å². The molecule has 2 N–H and O–H groups in total. The van der Waals surface area contributed by atoms with Crippen LogP contribution >= 0.6 is 0 Å². The molecule has 4 heterocycles. The van der Waals surface area contributed by atoms with Crippen LogP contribution in [0.5, 0.6) is 5.88 Å². The van der Waals surface area contributed by atoms with Crippen molar-refractivity contribution in [1.82, 2.24) is 15.0 Å². The van der Waals surface area contributed by atoms with Crippen molar-refractivity contribution >= 4 is 30.2 Å². The highest BCUT2D eigenvalue weighted by Gasteiger charge is 2.27. The van der Waals surface area contributed by atoms with Gasteiger partial charge in [-0.3, -0.25) is 15.0 Å². The van der Waals surface area contributed by atoms with Crippen molar-refractivity contribution in [3.8, 4) is 5.88 Å². The van der Waals surface area contributed by atoms with Crippen LogP contribution in [0.15, 0.2) is 18.8 Å². The number of hydrogen-bond acceptors (Lipinski definition) is 8. The quantitative estimate of drug-likeness (QED) is 0.673. The first-order chi connectivity index (χ1) is 15.1. The van der Waals surface area contributed by atoms with E-state index in [0.717, 1.165) is 18.4 Å². The third-order valence-electron chi connectivity index (χ3n) is 5.19. The molecule has 0 saturated carbocycles. The fourth-order valence-corrected chi connectivity index (χ4v) is 3.58. The maximum Gasteiger partial charge on any atom is 0.329 e. The fourth-order valence-electron chi connectivity index (χ4n) is 3.58. The van der Waals surface area contributed by atoms with Gasteiger partial charge in [-0.05, 0) is 24.5 Å². The second-order valence-electron chi connectivity index (χ2n) is 7.24. The second kappa shape index (κ2) is 9.19. The summed E-state index contributed by atoms with van der Waals surface area (Å²) in [7, 11) is 0. The number of pyridine rings is 1. The predicted molar refractivity (Wildman–Crippen MR) is 112 cm³/mol. The van der Waals surface area contributed by atoms with E-state index in [1.54, 1.807) is 12.1 Å². The zero-order chi connectivity index (χ0) is 21.8. The smallest absolute Gasteiger partial charge is 0.329 e. The number of aryl methyl sites for hydroxylation is 1. The number of aliphatic hydroxyl groups is 1. The Bertz CT molecular complexity index is 1010. The summed E-state index contributed by atoms with van der Waals surface area (Å²) < 4.78 is 11.2. The lowest BCUT2D eigenvalue weighted by Gasteiger charge is -2.28. The van der Waals surface area contributed by atoms with Crippen LogP contribution < -0.4 is 15.0 Å². The minimum atomic E-state index is -0.469. The Balaban J connectivity index is 1.56. The van der Waals surface area contributed by atoms with E-state index in [9.17, 15) is 14.7 Å². The standard InChI is InChI=1S/C21H23N5O5/c1-2-13-9-22-20(24-19(13)31-16-5-7-30-12-16)25-21(29)26-6-3-4-14-8-15(10-27)17(11-28)23-18(14)26/h2,8-9,11,16,27H,1,3-7,10,12H2,(H,22,24,25,29)/t16-/m0/s1. The Labute approximate surface area is 178 Å². The molecule has 4 rings (SSSR count). The Hall–Kier alpha value is -3.37. The van der Waals surface area contributed by atoms with E-state index in [4.69, 9.17) is 9.47 Å². The van der Waals surface area contributed by atoms with Gasteiger partial charge in [0.25, 0.3) is 0 Å². The van der Waals surface area contributed by atoms with Gasteiger partial charge in [-0.25, -0.2) is 14.8 Å². The van der Waals surface area contributed by atoms with Crippen molar-refractivity contribution in [2.24, 2.45) is 0 Å². The number of carbonyl (C=O) groups excluding carboxylic acids is 2. The summed E-state index contributed by atoms with van der Waals surface area (Å²) in [5.41, 5.74) is 1.96. The van der Waals surface area contributed by atoms with Gasteiger partial charge in [0, 0.05) is 24.7 Å². The lowest BCUT2D eigenvalue weighted by molar-refractivity contribution is 0.111. The molecule has 1 fully saturated rings. The van der Waals surface area contributed by atoms with Gasteiger partial charge in [0.1, 0.15) is 17.6 Å². The maximum absolute atomic E-state index is 13.0. The van der Waals surface area contributed by atoms with Crippen LogP contribution in [0.2, 0.25) is 0 Å². The molecule has 2 aliphatic heterocycles. The Morgan fingerprint density at radius 3 is 3.03 bits per heavy atom. The molecule has 31 heavy (non-hydrogen) atoms. The molecular formula is C21H23N5O5. The number of ether oxygens (including phenoxy) is 2. The van der Waals surface area contributed by atoms with Gasteiger partial charge in [-0.2, -0.15) is 4.98 Å². The van der Waals surface area contributed by atoms with Gasteiger partial charge < -0.3 is 14.6 Å². The molecule has 2 aliphatic rings. The number of nitrogens with one attached hydrogen (secondary N) is 1. The summed E-state index contributed by atoms with van der Waals surface area (Å²) in [6, 6.07) is 1.25. The number of aldehydes is 1. The molecule has 0 aliphatic carbocycles. The minimum Gasteiger partial charge on any atom is -0.471 e. The summed E-state index contributed by atoms with van der Waals surface area (Å²) in [6.45, 7) is 4.99. The van der Waals surface area contributed by atoms with Crippen molar-refractivity contribution < 1.29 is 24.2 Å². The second-order valence-corrected chi connectivity index (χ2v) is 7.24. The molecule has 0 bridgehead atoms. The molecular weight excluding hydrogens is 402 g/mol. The molecule has 0 aromatic carbocycles. The van der Waals surface area contributed by atoms with E-state index >= 15 is 0 Å². The van der Waals surface area contributed by atoms with E-state index < -0.39 is 6.03 Å². The monoisotopic (exact) mass is 425 g/mol. The molecule has 10 heteroatoms. The number of amides is 2. The van der Waals surface area contributed by atoms with Crippen LogP contribution in [-0.4, -0.2) is 58.2 Å². The van der Waals surface area contributed by atoms with Gasteiger partial charge in [-0.1, -0.05) is 12.7 Å². The number of anilines is 2. The minimum absolute atomic E-state index is 0.0826. The zero-order valence-corrected chi connectivity index (χ0v) is 16.9. The number of fused-ring (bicyclic) bond motifs is 1. The van der Waals surface area contributed by atoms with E-state index in [0.29, 0.717) is 55.3 Å². The number of aliphatic hydroxyl groups excluding tert-OH is 1. The van der Waals surface area contributed by atoms with Crippen molar-refractivity contribution in [2.45, 2.75) is 32.0 Å². The molecule has 2 aromatic rings. The largest absolute Gasteiger partial charge is 0.471 e. The van der Waals surface area contributed by atoms with Crippen molar-refractivity contribution in [1.29, 1.82) is 0 Å². The fraction of sp³-hybridized carbons (Fsp3) is 0.381. The predicted octanol–water partition coefficient (Wildman–Crippen LogP) is 1.97. The van der Waals surface area contributed by atoms with Gasteiger partial charge >= 0.3 is 6.03 Å². The summed E-state index contributed by atoms with van der Waals surface area (Å²) in [5, 5.41) is 12.1. The first-order valence-corrected chi connectivity index (χ1v) is 10.0. The van der Waals surface area contributed by atoms with Gasteiger partial charge in [0.2, 0.25) is 11.8 Å². The van der Waals surface area contributed by atoms with Gasteiger partial charge in [0.15, 0.2) is 6.29 Å². The van der Waals surface area contributed by atoms with E-state index in [1.165, 1.54) is 11.1 Å². The Morgan fingerprint density at radius 2 is 2.32 bits per heavy atom. The van der Waals surface area contributed by atoms with Gasteiger partial charge in [0.05, 0.1) is 25.4 Å². The first-order valence-electron chi connectivity index (χ1n) is 10.0. The number of urea groups is 1. The number of hydrogen-bond donors (Lipinski definition) is 2. The molecule has 2 amide bonds. The van der Waals surface area contributed by atoms with Crippen LogP contribution in [0.3, 0.4) is 0 Å². The number of aromatic nitrogens is 3.